The van der Waals surface area contributed by atoms with Crippen LogP contribution >= 0.6 is 0 Å². The third kappa shape index (κ3) is 3.11. The summed E-state index contributed by atoms with van der Waals surface area (Å²) in [5.41, 5.74) is 1.06. The lowest BCUT2D eigenvalue weighted by atomic mass is 10.1. The molecule has 2 rings (SSSR count). The summed E-state index contributed by atoms with van der Waals surface area (Å²) in [7, 11) is 0. The summed E-state index contributed by atoms with van der Waals surface area (Å²) in [5, 5.41) is 3.35. The molecule has 0 saturated heterocycles. The molecule has 0 saturated carbocycles. The van der Waals surface area contributed by atoms with E-state index in [1.165, 1.54) is 0 Å². The average Bonchev–Trinajstić information content (AvgIpc) is 2.90. The fourth-order valence-corrected chi connectivity index (χ4v) is 1.80. The number of ether oxygens (including phenoxy) is 1. The topological polar surface area (TPSA) is 47.3 Å². The number of nitrogens with one attached hydrogen (secondary N) is 1. The van der Waals surface area contributed by atoms with Crippen molar-refractivity contribution in [1.82, 2.24) is 10.3 Å². The molecule has 2 aromatic rings. The molecule has 0 aliphatic heterocycles. The first-order valence-electron chi connectivity index (χ1n) is 6.14. The minimum absolute atomic E-state index is 0.218. The highest BCUT2D eigenvalue weighted by Crippen LogP contribution is 2.22. The number of pyridine rings is 1. The highest BCUT2D eigenvalue weighted by molar-refractivity contribution is 5.28. The fourth-order valence-electron chi connectivity index (χ4n) is 1.80. The zero-order valence-electron chi connectivity index (χ0n) is 10.7. The Labute approximate surface area is 107 Å². The number of nitrogens with zero attached hydrogens (tertiary/aromatic N) is 1. The van der Waals surface area contributed by atoms with Gasteiger partial charge in [-0.3, -0.25) is 0 Å². The number of furan rings is 1. The Morgan fingerprint density at radius 3 is 3.00 bits per heavy atom. The molecule has 1 atom stereocenters. The van der Waals surface area contributed by atoms with Crippen LogP contribution in [0.4, 0.5) is 0 Å². The lowest BCUT2D eigenvalue weighted by Gasteiger charge is -2.16. The van der Waals surface area contributed by atoms with Crippen LogP contribution in [0.5, 0.6) is 5.88 Å². The Bertz CT molecular complexity index is 468. The van der Waals surface area contributed by atoms with Gasteiger partial charge in [0, 0.05) is 17.8 Å². The van der Waals surface area contributed by atoms with Crippen LogP contribution in [0.1, 0.15) is 31.2 Å². The second-order valence-corrected chi connectivity index (χ2v) is 4.05. The van der Waals surface area contributed by atoms with E-state index in [0.717, 1.165) is 17.9 Å². The monoisotopic (exact) mass is 246 g/mol. The van der Waals surface area contributed by atoms with E-state index in [9.17, 15) is 0 Å². The third-order valence-electron chi connectivity index (χ3n) is 2.71. The van der Waals surface area contributed by atoms with Gasteiger partial charge in [-0.05, 0) is 31.7 Å². The Balaban J connectivity index is 2.07. The standard InChI is InChI=1S/C14H18N2O2/c1-3-15-11(2)13-7-4-8-16-14(13)18-10-12-6-5-9-17-12/h4-9,11,15H,3,10H2,1-2H3. The first-order valence-corrected chi connectivity index (χ1v) is 6.14. The maximum absolute atomic E-state index is 5.70. The van der Waals surface area contributed by atoms with E-state index in [2.05, 4.69) is 24.1 Å². The summed E-state index contributed by atoms with van der Waals surface area (Å²) in [5.74, 6) is 1.45. The summed E-state index contributed by atoms with van der Waals surface area (Å²) in [6.45, 7) is 5.49. The van der Waals surface area contributed by atoms with Crippen molar-refractivity contribution in [1.29, 1.82) is 0 Å². The van der Waals surface area contributed by atoms with Gasteiger partial charge in [0.1, 0.15) is 12.4 Å². The van der Waals surface area contributed by atoms with Gasteiger partial charge in [-0.2, -0.15) is 0 Å². The van der Waals surface area contributed by atoms with Crippen LogP contribution in [-0.2, 0) is 6.61 Å². The van der Waals surface area contributed by atoms with Gasteiger partial charge < -0.3 is 14.5 Å². The minimum Gasteiger partial charge on any atom is -0.469 e. The molecule has 0 radical (unpaired) electrons. The average molecular weight is 246 g/mol. The van der Waals surface area contributed by atoms with Crippen LogP contribution in [0.2, 0.25) is 0 Å². The van der Waals surface area contributed by atoms with E-state index in [4.69, 9.17) is 9.15 Å². The smallest absolute Gasteiger partial charge is 0.218 e. The second kappa shape index (κ2) is 6.21. The second-order valence-electron chi connectivity index (χ2n) is 4.05. The van der Waals surface area contributed by atoms with Crippen molar-refractivity contribution < 1.29 is 9.15 Å². The SMILES string of the molecule is CCNC(C)c1cccnc1OCc1ccco1. The van der Waals surface area contributed by atoms with Crippen LogP contribution in [0.25, 0.3) is 0 Å². The molecule has 0 bridgehead atoms. The zero-order chi connectivity index (χ0) is 12.8. The summed E-state index contributed by atoms with van der Waals surface area (Å²) < 4.78 is 10.9. The Morgan fingerprint density at radius 2 is 2.28 bits per heavy atom. The fraction of sp³-hybridized carbons (Fsp3) is 0.357. The van der Waals surface area contributed by atoms with Crippen LogP contribution < -0.4 is 10.1 Å². The quantitative estimate of drug-likeness (QED) is 0.851. The number of hydrogen-bond donors (Lipinski definition) is 1. The van der Waals surface area contributed by atoms with Crippen LogP contribution in [0.3, 0.4) is 0 Å². The van der Waals surface area contributed by atoms with E-state index >= 15 is 0 Å². The first-order chi connectivity index (χ1) is 8.81. The molecule has 96 valence electrons. The number of hydrogen-bond acceptors (Lipinski definition) is 4. The van der Waals surface area contributed by atoms with Gasteiger partial charge >= 0.3 is 0 Å². The van der Waals surface area contributed by atoms with Gasteiger partial charge in [0.25, 0.3) is 0 Å². The molecular weight excluding hydrogens is 228 g/mol. The maximum atomic E-state index is 5.70. The molecule has 4 heteroatoms. The van der Waals surface area contributed by atoms with Crippen LogP contribution in [0.15, 0.2) is 41.1 Å². The predicted molar refractivity (Wildman–Crippen MR) is 69.4 cm³/mol. The lowest BCUT2D eigenvalue weighted by Crippen LogP contribution is -2.18. The molecule has 18 heavy (non-hydrogen) atoms. The molecule has 0 spiro atoms. The maximum Gasteiger partial charge on any atom is 0.218 e. The van der Waals surface area contributed by atoms with Crippen molar-refractivity contribution in [3.8, 4) is 5.88 Å². The highest BCUT2D eigenvalue weighted by Gasteiger charge is 2.11. The zero-order valence-corrected chi connectivity index (χ0v) is 10.7. The predicted octanol–water partition coefficient (Wildman–Crippen LogP) is 2.92. The van der Waals surface area contributed by atoms with Crippen molar-refractivity contribution in [3.05, 3.63) is 48.0 Å². The Kier molecular flexibility index (Phi) is 4.36. The van der Waals surface area contributed by atoms with Gasteiger partial charge in [0.05, 0.1) is 6.26 Å². The Hall–Kier alpha value is -1.81. The molecule has 1 N–H and O–H groups in total. The molecule has 4 nitrogen and oxygen atoms in total. The first kappa shape index (κ1) is 12.6. The molecule has 0 amide bonds. The summed E-state index contributed by atoms with van der Waals surface area (Å²) >= 11 is 0. The van der Waals surface area contributed by atoms with E-state index < -0.39 is 0 Å². The van der Waals surface area contributed by atoms with E-state index in [0.29, 0.717) is 12.5 Å². The van der Waals surface area contributed by atoms with Gasteiger partial charge in [-0.15, -0.1) is 0 Å². The molecule has 0 aliphatic rings. The summed E-state index contributed by atoms with van der Waals surface area (Å²) in [6.07, 6.45) is 3.37. The van der Waals surface area contributed by atoms with E-state index in [1.54, 1.807) is 12.5 Å². The van der Waals surface area contributed by atoms with Gasteiger partial charge in [-0.25, -0.2) is 4.98 Å². The van der Waals surface area contributed by atoms with Crippen molar-refractivity contribution in [2.24, 2.45) is 0 Å². The highest BCUT2D eigenvalue weighted by atomic mass is 16.5. The molecule has 2 heterocycles. The van der Waals surface area contributed by atoms with Gasteiger partial charge in [0.15, 0.2) is 0 Å². The van der Waals surface area contributed by atoms with Crippen molar-refractivity contribution >= 4 is 0 Å². The van der Waals surface area contributed by atoms with Crippen molar-refractivity contribution in [3.63, 3.8) is 0 Å². The molecule has 2 aromatic heterocycles. The van der Waals surface area contributed by atoms with E-state index in [1.807, 2.05) is 24.3 Å². The van der Waals surface area contributed by atoms with Crippen molar-refractivity contribution in [2.75, 3.05) is 6.54 Å². The normalized spacial score (nSPS) is 12.3. The van der Waals surface area contributed by atoms with Crippen LogP contribution in [-0.4, -0.2) is 11.5 Å². The minimum atomic E-state index is 0.218. The molecule has 1 unspecified atom stereocenters. The molecule has 0 aliphatic carbocycles. The van der Waals surface area contributed by atoms with Gasteiger partial charge in [-0.1, -0.05) is 13.0 Å². The van der Waals surface area contributed by atoms with Crippen molar-refractivity contribution in [2.45, 2.75) is 26.5 Å². The largest absolute Gasteiger partial charge is 0.469 e. The Morgan fingerprint density at radius 1 is 1.39 bits per heavy atom. The van der Waals surface area contributed by atoms with Crippen LogP contribution in [0, 0.1) is 0 Å². The molecule has 0 aromatic carbocycles. The lowest BCUT2D eigenvalue weighted by molar-refractivity contribution is 0.256. The number of aromatic nitrogens is 1. The third-order valence-corrected chi connectivity index (χ3v) is 2.71. The molecule has 0 fully saturated rings. The van der Waals surface area contributed by atoms with Gasteiger partial charge in [0.2, 0.25) is 5.88 Å². The summed E-state index contributed by atoms with van der Waals surface area (Å²) in [6, 6.07) is 7.89. The molecular formula is C14H18N2O2. The van der Waals surface area contributed by atoms with E-state index in [-0.39, 0.29) is 6.04 Å². The summed E-state index contributed by atoms with van der Waals surface area (Å²) in [4.78, 5) is 4.28. The number of rotatable bonds is 6.